The fourth-order valence-corrected chi connectivity index (χ4v) is 4.07. The lowest BCUT2D eigenvalue weighted by Gasteiger charge is -2.28. The third-order valence-corrected chi connectivity index (χ3v) is 5.36. The molecule has 0 aliphatic carbocycles. The molecule has 25 heavy (non-hydrogen) atoms. The summed E-state index contributed by atoms with van der Waals surface area (Å²) in [4.78, 5) is 12.7. The molecule has 0 bridgehead atoms. The van der Waals surface area contributed by atoms with Crippen molar-refractivity contribution in [1.29, 1.82) is 0 Å². The van der Waals surface area contributed by atoms with Crippen molar-refractivity contribution < 1.29 is 19.0 Å². The monoisotopic (exact) mass is 348 g/mol. The van der Waals surface area contributed by atoms with Crippen LogP contribution in [0.3, 0.4) is 0 Å². The van der Waals surface area contributed by atoms with Crippen molar-refractivity contribution in [3.8, 4) is 5.75 Å². The van der Waals surface area contributed by atoms with E-state index in [9.17, 15) is 9.90 Å². The maximum absolute atomic E-state index is 12.7. The first-order valence-electron chi connectivity index (χ1n) is 9.41. The minimum Gasteiger partial charge on any atom is -0.507 e. The van der Waals surface area contributed by atoms with Crippen molar-refractivity contribution >= 4 is 0 Å². The van der Waals surface area contributed by atoms with Crippen molar-refractivity contribution in [3.63, 3.8) is 0 Å². The Balaban J connectivity index is 1.90. The van der Waals surface area contributed by atoms with Gasteiger partial charge in [-0.05, 0) is 38.2 Å². The van der Waals surface area contributed by atoms with E-state index in [0.29, 0.717) is 18.6 Å². The molecule has 3 unspecified atom stereocenters. The third kappa shape index (κ3) is 3.61. The fourth-order valence-electron chi connectivity index (χ4n) is 4.07. The highest BCUT2D eigenvalue weighted by Crippen LogP contribution is 2.42. The highest BCUT2D eigenvalue weighted by Gasteiger charge is 2.40. The molecule has 5 nitrogen and oxygen atoms in total. The van der Waals surface area contributed by atoms with Gasteiger partial charge in [-0.15, -0.1) is 0 Å². The third-order valence-electron chi connectivity index (χ3n) is 5.36. The molecule has 3 rings (SSSR count). The van der Waals surface area contributed by atoms with Crippen LogP contribution in [0.2, 0.25) is 0 Å². The van der Waals surface area contributed by atoms with E-state index in [0.717, 1.165) is 38.7 Å². The lowest BCUT2D eigenvalue weighted by molar-refractivity contribution is 0.0255. The van der Waals surface area contributed by atoms with Gasteiger partial charge in [0.05, 0.1) is 12.4 Å². The van der Waals surface area contributed by atoms with Gasteiger partial charge in [-0.25, -0.2) is 4.79 Å². The Bertz CT molecular complexity index is 661. The molecule has 1 N–H and O–H groups in total. The van der Waals surface area contributed by atoms with E-state index in [1.165, 1.54) is 0 Å². The zero-order valence-electron chi connectivity index (χ0n) is 15.1. The van der Waals surface area contributed by atoms with E-state index in [4.69, 9.17) is 13.9 Å². The zero-order chi connectivity index (χ0) is 17.9. The molecule has 1 aromatic heterocycles. The fraction of sp³-hybridized carbons (Fsp3) is 0.650. The summed E-state index contributed by atoms with van der Waals surface area (Å²) in [7, 11) is 0. The summed E-state index contributed by atoms with van der Waals surface area (Å²) in [6.07, 6.45) is 9.56. The molecule has 0 radical (unpaired) electrons. The second kappa shape index (κ2) is 7.65. The van der Waals surface area contributed by atoms with Gasteiger partial charge in [0, 0.05) is 25.0 Å². The Morgan fingerprint density at radius 2 is 2.24 bits per heavy atom. The lowest BCUT2D eigenvalue weighted by atomic mass is 9.86. The first kappa shape index (κ1) is 18.1. The Labute approximate surface area is 148 Å². The van der Waals surface area contributed by atoms with Crippen LogP contribution in [0, 0.1) is 0 Å². The molecule has 0 aromatic carbocycles. The number of ether oxygens (including phenoxy) is 2. The predicted molar refractivity (Wildman–Crippen MR) is 94.7 cm³/mol. The Morgan fingerprint density at radius 1 is 1.40 bits per heavy atom. The SMILES string of the molecule is CCCC1(c2c(O)cc(C(CC)CC3CCCO3)oc2=O)CC=CO1. The Kier molecular flexibility index (Phi) is 5.52. The normalized spacial score (nSPS) is 26.7. The lowest BCUT2D eigenvalue weighted by Crippen LogP contribution is -2.31. The van der Waals surface area contributed by atoms with Gasteiger partial charge in [0.25, 0.3) is 0 Å². The first-order chi connectivity index (χ1) is 12.1. The molecule has 3 atom stereocenters. The molecule has 138 valence electrons. The largest absolute Gasteiger partial charge is 0.507 e. The summed E-state index contributed by atoms with van der Waals surface area (Å²) in [5.74, 6) is 0.594. The molecular weight excluding hydrogens is 320 g/mol. The summed E-state index contributed by atoms with van der Waals surface area (Å²) in [5.41, 5.74) is -1.04. The molecular formula is C20H28O5. The molecule has 5 heteroatoms. The summed E-state index contributed by atoms with van der Waals surface area (Å²) >= 11 is 0. The molecule has 1 fully saturated rings. The van der Waals surface area contributed by atoms with Crippen LogP contribution in [0.15, 0.2) is 27.6 Å². The summed E-state index contributed by atoms with van der Waals surface area (Å²) in [6, 6.07) is 1.61. The van der Waals surface area contributed by atoms with E-state index in [-0.39, 0.29) is 23.3 Å². The van der Waals surface area contributed by atoms with Crippen LogP contribution >= 0.6 is 0 Å². The standard InChI is InChI=1S/C20H28O5/c1-3-8-20(9-6-11-24-20)18-16(21)13-17(25-19(18)22)14(4-2)12-15-7-5-10-23-15/h6,11,13-15,21H,3-5,7-10,12H2,1-2H3. The van der Waals surface area contributed by atoms with Gasteiger partial charge in [-0.2, -0.15) is 0 Å². The minimum absolute atomic E-state index is 0.0193. The molecule has 1 saturated heterocycles. The van der Waals surface area contributed by atoms with Crippen molar-refractivity contribution in [3.05, 3.63) is 40.1 Å². The van der Waals surface area contributed by atoms with E-state index in [1.54, 1.807) is 12.3 Å². The molecule has 2 aliphatic heterocycles. The average Bonchev–Trinajstić information content (AvgIpc) is 3.24. The second-order valence-corrected chi connectivity index (χ2v) is 7.11. The van der Waals surface area contributed by atoms with Crippen molar-refractivity contribution in [1.82, 2.24) is 0 Å². The summed E-state index contributed by atoms with van der Waals surface area (Å²) in [5, 5.41) is 10.6. The van der Waals surface area contributed by atoms with Crippen LogP contribution in [0.4, 0.5) is 0 Å². The average molecular weight is 348 g/mol. The quantitative estimate of drug-likeness (QED) is 0.794. The molecule has 0 spiro atoms. The minimum atomic E-state index is -0.797. The van der Waals surface area contributed by atoms with Gasteiger partial charge in [-0.3, -0.25) is 0 Å². The highest BCUT2D eigenvalue weighted by molar-refractivity contribution is 5.37. The maximum Gasteiger partial charge on any atom is 0.347 e. The van der Waals surface area contributed by atoms with E-state index in [2.05, 4.69) is 6.92 Å². The van der Waals surface area contributed by atoms with Crippen molar-refractivity contribution in [2.24, 2.45) is 0 Å². The smallest absolute Gasteiger partial charge is 0.347 e. The van der Waals surface area contributed by atoms with Gasteiger partial charge < -0.3 is 19.0 Å². The molecule has 0 amide bonds. The highest BCUT2D eigenvalue weighted by atomic mass is 16.5. The molecule has 2 aliphatic rings. The summed E-state index contributed by atoms with van der Waals surface area (Å²) < 4.78 is 17.1. The topological polar surface area (TPSA) is 68.9 Å². The summed E-state index contributed by atoms with van der Waals surface area (Å²) in [6.45, 7) is 4.90. The first-order valence-corrected chi connectivity index (χ1v) is 9.41. The van der Waals surface area contributed by atoms with Crippen LogP contribution in [0.1, 0.15) is 76.0 Å². The van der Waals surface area contributed by atoms with E-state index in [1.807, 2.05) is 13.0 Å². The zero-order valence-corrected chi connectivity index (χ0v) is 15.1. The molecule has 3 heterocycles. The van der Waals surface area contributed by atoms with Gasteiger partial charge in [-0.1, -0.05) is 20.3 Å². The Hall–Kier alpha value is -1.75. The number of hydrogen-bond donors (Lipinski definition) is 1. The van der Waals surface area contributed by atoms with Crippen molar-refractivity contribution in [2.75, 3.05) is 6.61 Å². The van der Waals surface area contributed by atoms with Crippen LogP contribution in [0.5, 0.6) is 5.75 Å². The number of aromatic hydroxyl groups is 1. The molecule has 0 saturated carbocycles. The second-order valence-electron chi connectivity index (χ2n) is 7.11. The number of rotatable bonds is 7. The van der Waals surface area contributed by atoms with Gasteiger partial charge in [0.15, 0.2) is 0 Å². The van der Waals surface area contributed by atoms with Gasteiger partial charge in [0.1, 0.15) is 22.7 Å². The van der Waals surface area contributed by atoms with Crippen LogP contribution in [-0.4, -0.2) is 17.8 Å². The predicted octanol–water partition coefficient (Wildman–Crippen LogP) is 4.34. The van der Waals surface area contributed by atoms with E-state index >= 15 is 0 Å². The van der Waals surface area contributed by atoms with Crippen LogP contribution < -0.4 is 5.63 Å². The van der Waals surface area contributed by atoms with Gasteiger partial charge in [0.2, 0.25) is 0 Å². The van der Waals surface area contributed by atoms with Crippen molar-refractivity contribution in [2.45, 2.75) is 76.4 Å². The van der Waals surface area contributed by atoms with Crippen LogP contribution in [0.25, 0.3) is 0 Å². The maximum atomic E-state index is 12.7. The van der Waals surface area contributed by atoms with Crippen LogP contribution in [-0.2, 0) is 15.1 Å². The Morgan fingerprint density at radius 3 is 2.80 bits per heavy atom. The van der Waals surface area contributed by atoms with E-state index < -0.39 is 11.2 Å². The molecule has 1 aromatic rings. The number of hydrogen-bond acceptors (Lipinski definition) is 5. The van der Waals surface area contributed by atoms with Gasteiger partial charge >= 0.3 is 5.63 Å².